The number of halogens is 1. The summed E-state index contributed by atoms with van der Waals surface area (Å²) in [7, 11) is 3.05. The topological polar surface area (TPSA) is 59.6 Å². The van der Waals surface area contributed by atoms with Crippen LogP contribution in [0.3, 0.4) is 0 Å². The highest BCUT2D eigenvalue weighted by Crippen LogP contribution is 2.21. The van der Waals surface area contributed by atoms with Crippen molar-refractivity contribution >= 4 is 11.6 Å². The lowest BCUT2D eigenvalue weighted by Crippen LogP contribution is -2.39. The number of hydrogen-bond acceptors (Lipinski definition) is 4. The largest absolute Gasteiger partial charge is 0.497 e. The van der Waals surface area contributed by atoms with Crippen molar-refractivity contribution in [1.82, 2.24) is 5.32 Å². The lowest BCUT2D eigenvalue weighted by molar-refractivity contribution is -0.121. The SMILES string of the molecule is COCCNC(=O)C(C)Nc1cc(OC)ccc1F. The molecule has 106 valence electrons. The number of carbonyl (C=O) groups is 1. The zero-order chi connectivity index (χ0) is 14.3. The van der Waals surface area contributed by atoms with Gasteiger partial charge in [-0.1, -0.05) is 0 Å². The molecule has 2 N–H and O–H groups in total. The molecule has 6 heteroatoms. The third-order valence-electron chi connectivity index (χ3n) is 2.54. The van der Waals surface area contributed by atoms with E-state index in [1.807, 2.05) is 0 Å². The van der Waals surface area contributed by atoms with Crippen molar-refractivity contribution in [3.05, 3.63) is 24.0 Å². The fourth-order valence-corrected chi connectivity index (χ4v) is 1.47. The van der Waals surface area contributed by atoms with Crippen LogP contribution in [-0.2, 0) is 9.53 Å². The minimum atomic E-state index is -0.557. The molecule has 1 aromatic carbocycles. The highest BCUT2D eigenvalue weighted by atomic mass is 19.1. The van der Waals surface area contributed by atoms with E-state index in [4.69, 9.17) is 9.47 Å². The van der Waals surface area contributed by atoms with Crippen molar-refractivity contribution in [2.45, 2.75) is 13.0 Å². The van der Waals surface area contributed by atoms with Gasteiger partial charge in [-0.2, -0.15) is 0 Å². The Balaban J connectivity index is 2.60. The van der Waals surface area contributed by atoms with E-state index in [1.165, 1.54) is 25.3 Å². The first kappa shape index (κ1) is 15.2. The van der Waals surface area contributed by atoms with Gasteiger partial charge in [0.1, 0.15) is 17.6 Å². The summed E-state index contributed by atoms with van der Waals surface area (Å²) in [6.45, 7) is 2.51. The molecule has 5 nitrogen and oxygen atoms in total. The first-order chi connectivity index (χ1) is 9.08. The maximum Gasteiger partial charge on any atom is 0.242 e. The zero-order valence-electron chi connectivity index (χ0n) is 11.3. The highest BCUT2D eigenvalue weighted by molar-refractivity contribution is 5.84. The van der Waals surface area contributed by atoms with E-state index in [1.54, 1.807) is 14.0 Å². The zero-order valence-corrected chi connectivity index (χ0v) is 11.3. The second-order valence-electron chi connectivity index (χ2n) is 4.00. The molecule has 1 unspecified atom stereocenters. The summed E-state index contributed by atoms with van der Waals surface area (Å²) < 4.78 is 23.4. The van der Waals surface area contributed by atoms with Crippen LogP contribution >= 0.6 is 0 Å². The van der Waals surface area contributed by atoms with Gasteiger partial charge in [0, 0.05) is 19.7 Å². The van der Waals surface area contributed by atoms with Crippen molar-refractivity contribution in [2.24, 2.45) is 0 Å². The normalized spacial score (nSPS) is 11.8. The van der Waals surface area contributed by atoms with Crippen molar-refractivity contribution in [3.8, 4) is 5.75 Å². The number of anilines is 1. The van der Waals surface area contributed by atoms with Crippen LogP contribution in [0.15, 0.2) is 18.2 Å². The van der Waals surface area contributed by atoms with Gasteiger partial charge in [-0.3, -0.25) is 4.79 Å². The lowest BCUT2D eigenvalue weighted by atomic mass is 10.2. The number of rotatable bonds is 7. The minimum Gasteiger partial charge on any atom is -0.497 e. The number of benzene rings is 1. The molecule has 1 atom stereocenters. The van der Waals surface area contributed by atoms with Gasteiger partial charge in [-0.15, -0.1) is 0 Å². The molecule has 0 saturated carbocycles. The molecule has 0 bridgehead atoms. The fourth-order valence-electron chi connectivity index (χ4n) is 1.47. The molecule has 0 aromatic heterocycles. The summed E-state index contributed by atoms with van der Waals surface area (Å²) >= 11 is 0. The first-order valence-electron chi connectivity index (χ1n) is 5.95. The summed E-state index contributed by atoms with van der Waals surface area (Å²) in [4.78, 5) is 11.7. The number of amides is 1. The predicted octanol–water partition coefficient (Wildman–Crippen LogP) is 1.40. The average molecular weight is 270 g/mol. The van der Waals surface area contributed by atoms with Crippen LogP contribution in [0.1, 0.15) is 6.92 Å². The number of carbonyl (C=O) groups excluding carboxylic acids is 1. The van der Waals surface area contributed by atoms with Crippen molar-refractivity contribution < 1.29 is 18.7 Å². The summed E-state index contributed by atoms with van der Waals surface area (Å²) in [5, 5.41) is 5.48. The Bertz CT molecular complexity index is 426. The Morgan fingerprint density at radius 1 is 1.42 bits per heavy atom. The van der Waals surface area contributed by atoms with Gasteiger partial charge in [-0.05, 0) is 19.1 Å². The maximum absolute atomic E-state index is 13.6. The van der Waals surface area contributed by atoms with Gasteiger partial charge in [-0.25, -0.2) is 4.39 Å². The molecule has 0 fully saturated rings. The molecule has 1 amide bonds. The smallest absolute Gasteiger partial charge is 0.242 e. The Kier molecular flexibility index (Phi) is 6.08. The van der Waals surface area contributed by atoms with Gasteiger partial charge in [0.2, 0.25) is 5.91 Å². The Morgan fingerprint density at radius 2 is 2.16 bits per heavy atom. The Labute approximate surface area is 112 Å². The average Bonchev–Trinajstić information content (AvgIpc) is 2.41. The van der Waals surface area contributed by atoms with E-state index in [0.717, 1.165) is 0 Å². The van der Waals surface area contributed by atoms with Crippen LogP contribution in [0.4, 0.5) is 10.1 Å². The molecule has 0 aliphatic rings. The van der Waals surface area contributed by atoms with Gasteiger partial charge >= 0.3 is 0 Å². The van der Waals surface area contributed by atoms with Crippen LogP contribution in [0.5, 0.6) is 5.75 Å². The summed E-state index contributed by atoms with van der Waals surface area (Å²) in [6, 6.07) is 3.76. The monoisotopic (exact) mass is 270 g/mol. The van der Waals surface area contributed by atoms with E-state index in [0.29, 0.717) is 18.9 Å². The van der Waals surface area contributed by atoms with Crippen molar-refractivity contribution in [1.29, 1.82) is 0 Å². The second-order valence-corrected chi connectivity index (χ2v) is 4.00. The van der Waals surface area contributed by atoms with Crippen molar-refractivity contribution in [3.63, 3.8) is 0 Å². The summed E-state index contributed by atoms with van der Waals surface area (Å²) in [5.41, 5.74) is 0.230. The first-order valence-corrected chi connectivity index (χ1v) is 5.95. The van der Waals surface area contributed by atoms with Crippen LogP contribution in [-0.4, -0.2) is 39.3 Å². The van der Waals surface area contributed by atoms with Gasteiger partial charge in [0.15, 0.2) is 0 Å². The molecule has 19 heavy (non-hydrogen) atoms. The predicted molar refractivity (Wildman–Crippen MR) is 70.9 cm³/mol. The number of ether oxygens (including phenoxy) is 2. The summed E-state index contributed by atoms with van der Waals surface area (Å²) in [5.74, 6) is -0.132. The Hall–Kier alpha value is -1.82. The van der Waals surface area contributed by atoms with E-state index < -0.39 is 11.9 Å². The minimum absolute atomic E-state index is 0.223. The van der Waals surface area contributed by atoms with E-state index in [-0.39, 0.29) is 11.6 Å². The molecule has 0 saturated heterocycles. The molecule has 0 heterocycles. The molecule has 0 spiro atoms. The summed E-state index contributed by atoms with van der Waals surface area (Å²) in [6.07, 6.45) is 0. The van der Waals surface area contributed by atoms with Crippen molar-refractivity contribution in [2.75, 3.05) is 32.7 Å². The number of nitrogens with one attached hydrogen (secondary N) is 2. The fraction of sp³-hybridized carbons (Fsp3) is 0.462. The molecular weight excluding hydrogens is 251 g/mol. The van der Waals surface area contributed by atoms with Crippen LogP contribution < -0.4 is 15.4 Å². The van der Waals surface area contributed by atoms with Gasteiger partial charge in [0.05, 0.1) is 19.4 Å². The van der Waals surface area contributed by atoms with Crippen LogP contribution in [0.2, 0.25) is 0 Å². The highest BCUT2D eigenvalue weighted by Gasteiger charge is 2.14. The molecule has 0 radical (unpaired) electrons. The third kappa shape index (κ3) is 4.75. The molecular formula is C13H19FN2O3. The van der Waals surface area contributed by atoms with Gasteiger partial charge in [0.25, 0.3) is 0 Å². The standard InChI is InChI=1S/C13H19FN2O3/c1-9(13(17)15-6-7-18-2)16-12-8-10(19-3)4-5-11(12)14/h4-5,8-9,16H,6-7H2,1-3H3,(H,15,17). The quantitative estimate of drug-likeness (QED) is 0.735. The molecule has 0 aliphatic carbocycles. The molecule has 0 aliphatic heterocycles. The van der Waals surface area contributed by atoms with E-state index >= 15 is 0 Å². The van der Waals surface area contributed by atoms with E-state index in [2.05, 4.69) is 10.6 Å². The number of hydrogen-bond donors (Lipinski definition) is 2. The third-order valence-corrected chi connectivity index (χ3v) is 2.54. The molecule has 1 rings (SSSR count). The van der Waals surface area contributed by atoms with Gasteiger partial charge < -0.3 is 20.1 Å². The maximum atomic E-state index is 13.6. The van der Waals surface area contributed by atoms with Crippen LogP contribution in [0, 0.1) is 5.82 Å². The second kappa shape index (κ2) is 7.58. The lowest BCUT2D eigenvalue weighted by Gasteiger charge is -2.16. The number of methoxy groups -OCH3 is 2. The van der Waals surface area contributed by atoms with Crippen LogP contribution in [0.25, 0.3) is 0 Å². The molecule has 1 aromatic rings. The van der Waals surface area contributed by atoms with E-state index in [9.17, 15) is 9.18 Å². The Morgan fingerprint density at radius 3 is 2.79 bits per heavy atom.